The van der Waals surface area contributed by atoms with Crippen LogP contribution in [0.1, 0.15) is 70.5 Å². The molecule has 120 valence electrons. The molecule has 1 atom stereocenters. The Balaban J connectivity index is 2.27. The fraction of sp³-hybridized carbons (Fsp3) is 0.824. The number of nitrogens with zero attached hydrogens (tertiary/aromatic N) is 2. The van der Waals surface area contributed by atoms with Gasteiger partial charge in [-0.3, -0.25) is 4.68 Å². The van der Waals surface area contributed by atoms with Gasteiger partial charge in [0.1, 0.15) is 0 Å². The van der Waals surface area contributed by atoms with Gasteiger partial charge in [-0.25, -0.2) is 0 Å². The van der Waals surface area contributed by atoms with Crippen molar-refractivity contribution in [3.8, 4) is 5.75 Å². The van der Waals surface area contributed by atoms with E-state index in [4.69, 9.17) is 4.74 Å². The maximum atomic E-state index is 5.60. The van der Waals surface area contributed by atoms with Crippen molar-refractivity contribution in [2.75, 3.05) is 13.7 Å². The normalized spacial score (nSPS) is 17.9. The number of rotatable bonds is 8. The van der Waals surface area contributed by atoms with Crippen molar-refractivity contribution in [1.29, 1.82) is 0 Å². The zero-order valence-corrected chi connectivity index (χ0v) is 13.9. The fourth-order valence-corrected chi connectivity index (χ4v) is 3.49. The molecule has 1 aromatic heterocycles. The van der Waals surface area contributed by atoms with Gasteiger partial charge in [-0.2, -0.15) is 5.10 Å². The van der Waals surface area contributed by atoms with Crippen molar-refractivity contribution in [1.82, 2.24) is 15.1 Å². The first-order chi connectivity index (χ1) is 10.3. The minimum absolute atomic E-state index is 0.384. The van der Waals surface area contributed by atoms with Gasteiger partial charge >= 0.3 is 0 Å². The molecule has 0 radical (unpaired) electrons. The maximum Gasteiger partial charge on any atom is 0.161 e. The summed E-state index contributed by atoms with van der Waals surface area (Å²) in [5.41, 5.74) is 1.26. The summed E-state index contributed by atoms with van der Waals surface area (Å²) < 4.78 is 7.75. The van der Waals surface area contributed by atoms with Gasteiger partial charge in [-0.05, 0) is 38.1 Å². The highest BCUT2D eigenvalue weighted by molar-refractivity contribution is 5.29. The molecule has 4 nitrogen and oxygen atoms in total. The third-order valence-corrected chi connectivity index (χ3v) is 4.53. The molecule has 1 aromatic rings. The Morgan fingerprint density at radius 2 is 2.05 bits per heavy atom. The van der Waals surface area contributed by atoms with Gasteiger partial charge in [-0.15, -0.1) is 0 Å². The lowest BCUT2D eigenvalue weighted by molar-refractivity contribution is 0.254. The van der Waals surface area contributed by atoms with Crippen LogP contribution in [0.2, 0.25) is 0 Å². The van der Waals surface area contributed by atoms with Crippen molar-refractivity contribution in [2.45, 2.75) is 71.4 Å². The van der Waals surface area contributed by atoms with Crippen molar-refractivity contribution < 1.29 is 4.74 Å². The van der Waals surface area contributed by atoms with Crippen molar-refractivity contribution >= 4 is 0 Å². The number of ether oxygens (including phenoxy) is 1. The highest BCUT2D eigenvalue weighted by Crippen LogP contribution is 2.38. The summed E-state index contributed by atoms with van der Waals surface area (Å²) in [5, 5.41) is 8.33. The molecule has 1 heterocycles. The minimum atomic E-state index is 0.384. The first-order valence-electron chi connectivity index (χ1n) is 8.64. The average Bonchev–Trinajstić information content (AvgIpc) is 2.92. The Kier molecular flexibility index (Phi) is 6.55. The van der Waals surface area contributed by atoms with Gasteiger partial charge in [0, 0.05) is 6.54 Å². The molecular formula is C17H31N3O. The molecule has 0 bridgehead atoms. The highest BCUT2D eigenvalue weighted by atomic mass is 16.5. The number of nitrogens with one attached hydrogen (secondary N) is 1. The molecule has 2 rings (SSSR count). The second-order valence-electron chi connectivity index (χ2n) is 6.15. The number of aromatic nitrogens is 2. The van der Waals surface area contributed by atoms with Gasteiger partial charge < -0.3 is 10.1 Å². The van der Waals surface area contributed by atoms with Gasteiger partial charge in [-0.1, -0.05) is 33.1 Å². The minimum Gasteiger partial charge on any atom is -0.493 e. The molecule has 1 N–H and O–H groups in total. The van der Waals surface area contributed by atoms with Crippen LogP contribution >= 0.6 is 0 Å². The molecule has 1 aliphatic rings. The van der Waals surface area contributed by atoms with Crippen LogP contribution in [0.5, 0.6) is 5.75 Å². The van der Waals surface area contributed by atoms with E-state index in [9.17, 15) is 0 Å². The smallest absolute Gasteiger partial charge is 0.161 e. The quantitative estimate of drug-likeness (QED) is 0.789. The molecule has 4 heteroatoms. The Hall–Kier alpha value is -1.03. The van der Waals surface area contributed by atoms with E-state index in [-0.39, 0.29) is 0 Å². The SMILES string of the molecule is CCCNC(c1c(OC)cnn1CCC)C1CCCCC1. The van der Waals surface area contributed by atoms with E-state index in [0.717, 1.165) is 31.7 Å². The Bertz CT molecular complexity index is 410. The molecule has 0 spiro atoms. The summed E-state index contributed by atoms with van der Waals surface area (Å²) in [4.78, 5) is 0. The Morgan fingerprint density at radius 1 is 1.29 bits per heavy atom. The molecule has 0 aliphatic heterocycles. The summed E-state index contributed by atoms with van der Waals surface area (Å²) in [6.45, 7) is 6.45. The third-order valence-electron chi connectivity index (χ3n) is 4.53. The van der Waals surface area contributed by atoms with Crippen LogP contribution in [0.4, 0.5) is 0 Å². The van der Waals surface area contributed by atoms with Crippen molar-refractivity contribution in [3.05, 3.63) is 11.9 Å². The highest BCUT2D eigenvalue weighted by Gasteiger charge is 2.30. The molecule has 0 saturated heterocycles. The number of aryl methyl sites for hydroxylation is 1. The second kappa shape index (κ2) is 8.42. The first kappa shape index (κ1) is 16.3. The second-order valence-corrected chi connectivity index (χ2v) is 6.15. The third kappa shape index (κ3) is 4.00. The van der Waals surface area contributed by atoms with Crippen LogP contribution in [0.3, 0.4) is 0 Å². The van der Waals surface area contributed by atoms with Gasteiger partial charge in [0.15, 0.2) is 5.75 Å². The van der Waals surface area contributed by atoms with E-state index in [1.807, 2.05) is 6.20 Å². The Labute approximate surface area is 129 Å². The maximum absolute atomic E-state index is 5.60. The molecule has 1 aliphatic carbocycles. The monoisotopic (exact) mass is 293 g/mol. The van der Waals surface area contributed by atoms with Crippen LogP contribution in [0.25, 0.3) is 0 Å². The summed E-state index contributed by atoms with van der Waals surface area (Å²) in [5.74, 6) is 1.66. The molecular weight excluding hydrogens is 262 g/mol. The molecule has 1 unspecified atom stereocenters. The molecule has 21 heavy (non-hydrogen) atoms. The number of hydrogen-bond donors (Lipinski definition) is 1. The standard InChI is InChI=1S/C17H31N3O/c1-4-11-18-16(14-9-7-6-8-10-14)17-15(21-3)13-19-20(17)12-5-2/h13-14,16,18H,4-12H2,1-3H3. The van der Waals surface area contributed by atoms with Crippen molar-refractivity contribution in [2.24, 2.45) is 5.92 Å². The summed E-state index contributed by atoms with van der Waals surface area (Å²) in [7, 11) is 1.76. The van der Waals surface area contributed by atoms with Crippen LogP contribution in [0, 0.1) is 5.92 Å². The molecule has 1 fully saturated rings. The van der Waals surface area contributed by atoms with E-state index in [1.54, 1.807) is 7.11 Å². The summed E-state index contributed by atoms with van der Waals surface area (Å²) in [6.07, 6.45) is 10.9. The lowest BCUT2D eigenvalue weighted by Crippen LogP contribution is -2.32. The van der Waals surface area contributed by atoms with Crippen LogP contribution in [-0.4, -0.2) is 23.4 Å². The lowest BCUT2D eigenvalue weighted by Gasteiger charge is -2.32. The molecule has 0 amide bonds. The largest absolute Gasteiger partial charge is 0.493 e. The summed E-state index contributed by atoms with van der Waals surface area (Å²) in [6, 6.07) is 0.384. The van der Waals surface area contributed by atoms with E-state index in [1.165, 1.54) is 37.8 Å². The topological polar surface area (TPSA) is 39.1 Å². The van der Waals surface area contributed by atoms with Gasteiger partial charge in [0.2, 0.25) is 0 Å². The number of methoxy groups -OCH3 is 1. The summed E-state index contributed by atoms with van der Waals surface area (Å²) >= 11 is 0. The lowest BCUT2D eigenvalue weighted by atomic mass is 9.82. The van der Waals surface area contributed by atoms with E-state index >= 15 is 0 Å². The van der Waals surface area contributed by atoms with Gasteiger partial charge in [0.05, 0.1) is 25.0 Å². The Morgan fingerprint density at radius 3 is 2.67 bits per heavy atom. The van der Waals surface area contributed by atoms with E-state index in [2.05, 4.69) is 28.9 Å². The molecule has 1 saturated carbocycles. The predicted octanol–water partition coefficient (Wildman–Crippen LogP) is 3.92. The zero-order valence-electron chi connectivity index (χ0n) is 13.9. The first-order valence-corrected chi connectivity index (χ1v) is 8.64. The van der Waals surface area contributed by atoms with Crippen molar-refractivity contribution in [3.63, 3.8) is 0 Å². The average molecular weight is 293 g/mol. The fourth-order valence-electron chi connectivity index (χ4n) is 3.49. The van der Waals surface area contributed by atoms with E-state index in [0.29, 0.717) is 12.0 Å². The van der Waals surface area contributed by atoms with Gasteiger partial charge in [0.25, 0.3) is 0 Å². The number of hydrogen-bond acceptors (Lipinski definition) is 3. The zero-order chi connectivity index (χ0) is 15.1. The van der Waals surface area contributed by atoms with E-state index < -0.39 is 0 Å². The predicted molar refractivity (Wildman–Crippen MR) is 86.7 cm³/mol. The van der Waals surface area contributed by atoms with Crippen LogP contribution in [-0.2, 0) is 6.54 Å². The van der Waals surface area contributed by atoms with Crippen LogP contribution in [0.15, 0.2) is 6.20 Å². The molecule has 0 aromatic carbocycles. The van der Waals surface area contributed by atoms with Crippen LogP contribution < -0.4 is 10.1 Å².